The predicted octanol–water partition coefficient (Wildman–Crippen LogP) is 0.293. The molecule has 0 spiro atoms. The van der Waals surface area contributed by atoms with Crippen molar-refractivity contribution in [2.45, 2.75) is 83.0 Å². The standard InChI is InChI=1S/C23H36N4O6/c1-15-11-19(25(13-15)14-28)23(32)33-16(2)12-20(29)26-10-6-8-18(26)22(31)27-9-5-4-7-17(27)21(30)24-3/h14-19H,4-13H2,1-3H3,(H,24,30)/t15-,16?,17?,18?,19?/m1/s1. The average Bonchev–Trinajstić information content (AvgIpc) is 3.44. The number of hydrogen-bond acceptors (Lipinski definition) is 6. The normalized spacial score (nSPS) is 28.4. The van der Waals surface area contributed by atoms with Crippen molar-refractivity contribution in [1.29, 1.82) is 0 Å². The Hall–Kier alpha value is -2.65. The number of amides is 4. The van der Waals surface area contributed by atoms with E-state index in [1.54, 1.807) is 23.8 Å². The van der Waals surface area contributed by atoms with E-state index in [-0.39, 0.29) is 30.1 Å². The summed E-state index contributed by atoms with van der Waals surface area (Å²) < 4.78 is 5.48. The van der Waals surface area contributed by atoms with E-state index in [0.29, 0.717) is 51.7 Å². The zero-order chi connectivity index (χ0) is 24.1. The number of piperidine rings is 1. The van der Waals surface area contributed by atoms with Crippen LogP contribution in [0.25, 0.3) is 0 Å². The van der Waals surface area contributed by atoms with Gasteiger partial charge in [-0.05, 0) is 51.4 Å². The van der Waals surface area contributed by atoms with Crippen LogP contribution in [-0.2, 0) is 28.7 Å². The summed E-state index contributed by atoms with van der Waals surface area (Å²) in [5, 5.41) is 2.63. The van der Waals surface area contributed by atoms with Gasteiger partial charge in [-0.15, -0.1) is 0 Å². The molecule has 33 heavy (non-hydrogen) atoms. The van der Waals surface area contributed by atoms with Gasteiger partial charge in [-0.2, -0.15) is 0 Å². The second-order valence-electron chi connectivity index (χ2n) is 9.51. The number of carbonyl (C=O) groups is 5. The summed E-state index contributed by atoms with van der Waals surface area (Å²) in [5.41, 5.74) is 0. The predicted molar refractivity (Wildman–Crippen MR) is 119 cm³/mol. The van der Waals surface area contributed by atoms with E-state index in [9.17, 15) is 24.0 Å². The highest BCUT2D eigenvalue weighted by atomic mass is 16.5. The first kappa shape index (κ1) is 25.0. The maximum absolute atomic E-state index is 13.3. The summed E-state index contributed by atoms with van der Waals surface area (Å²) in [6.07, 6.45) is 4.13. The van der Waals surface area contributed by atoms with Gasteiger partial charge in [0.1, 0.15) is 24.2 Å². The molecule has 3 fully saturated rings. The van der Waals surface area contributed by atoms with E-state index in [0.717, 1.165) is 12.8 Å². The molecule has 0 aromatic heterocycles. The van der Waals surface area contributed by atoms with E-state index in [1.165, 1.54) is 4.90 Å². The Morgan fingerprint density at radius 3 is 2.42 bits per heavy atom. The van der Waals surface area contributed by atoms with Crippen LogP contribution in [0.5, 0.6) is 0 Å². The van der Waals surface area contributed by atoms with Crippen molar-refractivity contribution in [3.63, 3.8) is 0 Å². The fourth-order valence-electron chi connectivity index (χ4n) is 5.26. The molecule has 10 heteroatoms. The molecule has 3 aliphatic heterocycles. The Kier molecular flexibility index (Phi) is 8.31. The Bertz CT molecular complexity index is 774. The Morgan fingerprint density at radius 2 is 1.73 bits per heavy atom. The van der Waals surface area contributed by atoms with Crippen LogP contribution < -0.4 is 5.32 Å². The number of ether oxygens (including phenoxy) is 1. The van der Waals surface area contributed by atoms with E-state index >= 15 is 0 Å². The molecule has 0 radical (unpaired) electrons. The number of nitrogens with one attached hydrogen (secondary N) is 1. The number of likely N-dealkylation sites (N-methyl/N-ethyl adjacent to an activating group) is 1. The lowest BCUT2D eigenvalue weighted by molar-refractivity contribution is -0.158. The van der Waals surface area contributed by atoms with Crippen molar-refractivity contribution in [2.75, 3.05) is 26.7 Å². The Balaban J connectivity index is 1.58. The van der Waals surface area contributed by atoms with Gasteiger partial charge in [0.05, 0.1) is 6.42 Å². The van der Waals surface area contributed by atoms with Crippen molar-refractivity contribution >= 4 is 30.1 Å². The van der Waals surface area contributed by atoms with Gasteiger partial charge < -0.3 is 24.8 Å². The lowest BCUT2D eigenvalue weighted by Gasteiger charge is -2.37. The van der Waals surface area contributed by atoms with Gasteiger partial charge in [0, 0.05) is 26.7 Å². The lowest BCUT2D eigenvalue weighted by Crippen LogP contribution is -2.56. The third-order valence-corrected chi connectivity index (χ3v) is 6.93. The third-order valence-electron chi connectivity index (χ3n) is 6.93. The van der Waals surface area contributed by atoms with Crippen LogP contribution in [0.1, 0.15) is 58.8 Å². The highest BCUT2D eigenvalue weighted by molar-refractivity contribution is 5.92. The molecule has 3 rings (SSSR count). The summed E-state index contributed by atoms with van der Waals surface area (Å²) in [6.45, 7) is 5.11. The molecule has 0 bridgehead atoms. The van der Waals surface area contributed by atoms with Gasteiger partial charge in [0.2, 0.25) is 24.1 Å². The van der Waals surface area contributed by atoms with Crippen molar-refractivity contribution in [1.82, 2.24) is 20.0 Å². The second-order valence-corrected chi connectivity index (χ2v) is 9.51. The molecular formula is C23H36N4O6. The zero-order valence-corrected chi connectivity index (χ0v) is 19.8. The molecule has 3 saturated heterocycles. The summed E-state index contributed by atoms with van der Waals surface area (Å²) >= 11 is 0. The first-order valence-corrected chi connectivity index (χ1v) is 12.0. The van der Waals surface area contributed by atoms with Gasteiger partial charge in [-0.1, -0.05) is 6.92 Å². The highest BCUT2D eigenvalue weighted by Gasteiger charge is 2.41. The SMILES string of the molecule is CNC(=O)C1CCCCN1C(=O)C1CCCN1C(=O)CC(C)OC(=O)C1C[C@@H](C)CN1C=O. The van der Waals surface area contributed by atoms with E-state index in [1.807, 2.05) is 6.92 Å². The van der Waals surface area contributed by atoms with Gasteiger partial charge in [0.15, 0.2) is 0 Å². The quantitative estimate of drug-likeness (QED) is 0.428. The van der Waals surface area contributed by atoms with Crippen molar-refractivity contribution < 1.29 is 28.7 Å². The number of carbonyl (C=O) groups excluding carboxylic acids is 5. The molecule has 0 aliphatic carbocycles. The second kappa shape index (κ2) is 11.0. The molecule has 0 aromatic carbocycles. The topological polar surface area (TPSA) is 116 Å². The molecule has 0 aromatic rings. The van der Waals surface area contributed by atoms with Gasteiger partial charge in [0.25, 0.3) is 0 Å². The largest absolute Gasteiger partial charge is 0.461 e. The lowest BCUT2D eigenvalue weighted by atomic mass is 9.99. The third kappa shape index (κ3) is 5.65. The monoisotopic (exact) mass is 464 g/mol. The van der Waals surface area contributed by atoms with Crippen molar-refractivity contribution in [2.24, 2.45) is 5.92 Å². The van der Waals surface area contributed by atoms with Crippen LogP contribution in [0.3, 0.4) is 0 Å². The maximum Gasteiger partial charge on any atom is 0.329 e. The van der Waals surface area contributed by atoms with Gasteiger partial charge in [-0.25, -0.2) is 4.79 Å². The fraction of sp³-hybridized carbons (Fsp3) is 0.783. The Morgan fingerprint density at radius 1 is 1.03 bits per heavy atom. The molecule has 3 aliphatic rings. The highest BCUT2D eigenvalue weighted by Crippen LogP contribution is 2.26. The number of likely N-dealkylation sites (tertiary alicyclic amines) is 3. The summed E-state index contributed by atoms with van der Waals surface area (Å²) in [4.78, 5) is 67.0. The molecule has 1 N–H and O–H groups in total. The first-order chi connectivity index (χ1) is 15.8. The molecule has 10 nitrogen and oxygen atoms in total. The van der Waals surface area contributed by atoms with E-state index in [2.05, 4.69) is 5.32 Å². The van der Waals surface area contributed by atoms with Gasteiger partial charge in [-0.3, -0.25) is 19.2 Å². The van der Waals surface area contributed by atoms with Crippen LogP contribution >= 0.6 is 0 Å². The fourth-order valence-corrected chi connectivity index (χ4v) is 5.26. The van der Waals surface area contributed by atoms with E-state index < -0.39 is 30.2 Å². The van der Waals surface area contributed by atoms with Crippen LogP contribution in [0.15, 0.2) is 0 Å². The first-order valence-electron chi connectivity index (χ1n) is 12.0. The minimum atomic E-state index is -0.667. The Labute approximate surface area is 195 Å². The molecule has 4 amide bonds. The summed E-state index contributed by atoms with van der Waals surface area (Å²) in [6, 6.07) is -1.70. The van der Waals surface area contributed by atoms with Crippen LogP contribution in [0, 0.1) is 5.92 Å². The number of nitrogens with zero attached hydrogens (tertiary/aromatic N) is 3. The number of esters is 1. The van der Waals surface area contributed by atoms with Crippen LogP contribution in [0.4, 0.5) is 0 Å². The zero-order valence-electron chi connectivity index (χ0n) is 19.8. The van der Waals surface area contributed by atoms with E-state index in [4.69, 9.17) is 4.74 Å². The molecule has 3 heterocycles. The van der Waals surface area contributed by atoms with Crippen molar-refractivity contribution in [3.8, 4) is 0 Å². The van der Waals surface area contributed by atoms with Crippen LogP contribution in [-0.4, -0.2) is 95.7 Å². The summed E-state index contributed by atoms with van der Waals surface area (Å²) in [5.74, 6) is -0.880. The van der Waals surface area contributed by atoms with Gasteiger partial charge >= 0.3 is 5.97 Å². The molecule has 0 saturated carbocycles. The van der Waals surface area contributed by atoms with Crippen molar-refractivity contribution in [3.05, 3.63) is 0 Å². The smallest absolute Gasteiger partial charge is 0.329 e. The summed E-state index contributed by atoms with van der Waals surface area (Å²) in [7, 11) is 1.56. The molecule has 4 unspecified atom stereocenters. The minimum absolute atomic E-state index is 0.0300. The molecular weight excluding hydrogens is 428 g/mol. The van der Waals surface area contributed by atoms with Crippen LogP contribution in [0.2, 0.25) is 0 Å². The number of rotatable bonds is 7. The molecule has 5 atom stereocenters. The maximum atomic E-state index is 13.3. The molecule has 184 valence electrons. The number of hydrogen-bond donors (Lipinski definition) is 1. The minimum Gasteiger partial charge on any atom is -0.461 e. The average molecular weight is 465 g/mol.